The van der Waals surface area contributed by atoms with Crippen molar-refractivity contribution in [1.82, 2.24) is 0 Å². The molecule has 92 valence electrons. The number of hydrogen-bond acceptors (Lipinski definition) is 1. The number of rotatable bonds is 1. The molecule has 1 nitrogen and oxygen atoms in total. The molecule has 1 N–H and O–H groups in total. The van der Waals surface area contributed by atoms with Crippen molar-refractivity contribution in [3.05, 3.63) is 64.4 Å². The molecular weight excluding hydrogens is 249 g/mol. The van der Waals surface area contributed by atoms with Crippen LogP contribution >= 0.6 is 11.6 Å². The van der Waals surface area contributed by atoms with E-state index in [1.165, 1.54) is 6.07 Å². The predicted octanol–water partition coefficient (Wildman–Crippen LogP) is 4.21. The van der Waals surface area contributed by atoms with Gasteiger partial charge in [0.2, 0.25) is 0 Å². The highest BCUT2D eigenvalue weighted by Crippen LogP contribution is 2.42. The average molecular weight is 262 g/mol. The molecule has 0 bridgehead atoms. The lowest BCUT2D eigenvalue weighted by atomic mass is 9.78. The summed E-state index contributed by atoms with van der Waals surface area (Å²) in [5.41, 5.74) is 2.55. The van der Waals surface area contributed by atoms with Crippen LogP contribution in [0.4, 0.5) is 10.1 Å². The zero-order chi connectivity index (χ0) is 12.8. The molecule has 1 aliphatic rings. The summed E-state index contributed by atoms with van der Waals surface area (Å²) in [7, 11) is 0. The minimum absolute atomic E-state index is 0.247. The van der Waals surface area contributed by atoms with Gasteiger partial charge in [-0.1, -0.05) is 35.9 Å². The van der Waals surface area contributed by atoms with Gasteiger partial charge in [0.05, 0.1) is 0 Å². The highest BCUT2D eigenvalue weighted by atomic mass is 35.5. The van der Waals surface area contributed by atoms with Crippen molar-refractivity contribution in [3.8, 4) is 0 Å². The molecule has 0 aliphatic carbocycles. The van der Waals surface area contributed by atoms with Gasteiger partial charge in [0.1, 0.15) is 5.82 Å². The van der Waals surface area contributed by atoms with Crippen molar-refractivity contribution in [2.24, 2.45) is 0 Å². The summed E-state index contributed by atoms with van der Waals surface area (Å²) in [5.74, 6) is -0.247. The van der Waals surface area contributed by atoms with Crippen molar-refractivity contribution >= 4 is 17.3 Å². The molecule has 0 saturated heterocycles. The first kappa shape index (κ1) is 11.5. The van der Waals surface area contributed by atoms with Gasteiger partial charge in [0, 0.05) is 28.2 Å². The van der Waals surface area contributed by atoms with Gasteiger partial charge >= 0.3 is 0 Å². The van der Waals surface area contributed by atoms with E-state index in [4.69, 9.17) is 11.6 Å². The highest BCUT2D eigenvalue weighted by Gasteiger charge is 2.37. The van der Waals surface area contributed by atoms with Crippen LogP contribution in [0.15, 0.2) is 42.5 Å². The molecule has 2 aromatic carbocycles. The van der Waals surface area contributed by atoms with Crippen LogP contribution < -0.4 is 5.32 Å². The summed E-state index contributed by atoms with van der Waals surface area (Å²) in [4.78, 5) is 0. The average Bonchev–Trinajstić information content (AvgIpc) is 2.69. The number of anilines is 1. The molecule has 0 spiro atoms. The normalized spacial score (nSPS) is 21.5. The Morgan fingerprint density at radius 3 is 2.72 bits per heavy atom. The van der Waals surface area contributed by atoms with E-state index in [0.717, 1.165) is 11.3 Å². The maximum absolute atomic E-state index is 14.1. The predicted molar refractivity (Wildman–Crippen MR) is 72.8 cm³/mol. The summed E-state index contributed by atoms with van der Waals surface area (Å²) in [6.07, 6.45) is 0. The van der Waals surface area contributed by atoms with Gasteiger partial charge < -0.3 is 5.32 Å². The van der Waals surface area contributed by atoms with Crippen molar-refractivity contribution in [3.63, 3.8) is 0 Å². The van der Waals surface area contributed by atoms with Crippen molar-refractivity contribution < 1.29 is 4.39 Å². The van der Waals surface area contributed by atoms with E-state index in [0.29, 0.717) is 17.1 Å². The van der Waals surface area contributed by atoms with Crippen molar-refractivity contribution in [1.29, 1.82) is 0 Å². The molecule has 3 rings (SSSR count). The molecule has 1 aliphatic heterocycles. The summed E-state index contributed by atoms with van der Waals surface area (Å²) in [5, 5.41) is 3.76. The maximum Gasteiger partial charge on any atom is 0.128 e. The summed E-state index contributed by atoms with van der Waals surface area (Å²) in [6.45, 7) is 2.75. The zero-order valence-corrected chi connectivity index (χ0v) is 10.8. The lowest BCUT2D eigenvalue weighted by Gasteiger charge is -2.25. The number of nitrogens with one attached hydrogen (secondary N) is 1. The second-order valence-electron chi connectivity index (χ2n) is 4.86. The van der Waals surface area contributed by atoms with E-state index in [1.54, 1.807) is 12.1 Å². The summed E-state index contributed by atoms with van der Waals surface area (Å²) in [6, 6.07) is 12.9. The van der Waals surface area contributed by atoms with Crippen LogP contribution in [0.3, 0.4) is 0 Å². The quantitative estimate of drug-likeness (QED) is 0.811. The fourth-order valence-electron chi connectivity index (χ4n) is 2.66. The first-order chi connectivity index (χ1) is 8.61. The van der Waals surface area contributed by atoms with Crippen LogP contribution in [0, 0.1) is 5.82 Å². The minimum Gasteiger partial charge on any atom is -0.384 e. The Hall–Kier alpha value is -1.54. The molecule has 3 heteroatoms. The first-order valence-electron chi connectivity index (χ1n) is 5.90. The maximum atomic E-state index is 14.1. The lowest BCUT2D eigenvalue weighted by Crippen LogP contribution is -2.27. The minimum atomic E-state index is -0.342. The molecule has 18 heavy (non-hydrogen) atoms. The summed E-state index contributed by atoms with van der Waals surface area (Å²) < 4.78 is 14.1. The SMILES string of the molecule is CC1(c2ccc(Cl)cc2F)CNc2ccccc21. The fraction of sp³-hybridized carbons (Fsp3) is 0.200. The molecule has 0 radical (unpaired) electrons. The Kier molecular flexibility index (Phi) is 2.56. The van der Waals surface area contributed by atoms with Crippen LogP contribution in [0.25, 0.3) is 0 Å². The van der Waals surface area contributed by atoms with Gasteiger partial charge in [0.15, 0.2) is 0 Å². The molecule has 0 fully saturated rings. The van der Waals surface area contributed by atoms with Crippen LogP contribution in [0.2, 0.25) is 5.02 Å². The van der Waals surface area contributed by atoms with Gasteiger partial charge in [-0.25, -0.2) is 4.39 Å². The van der Waals surface area contributed by atoms with Crippen LogP contribution in [-0.4, -0.2) is 6.54 Å². The summed E-state index contributed by atoms with van der Waals surface area (Å²) >= 11 is 5.81. The van der Waals surface area contributed by atoms with Crippen molar-refractivity contribution in [2.45, 2.75) is 12.3 Å². The van der Waals surface area contributed by atoms with Gasteiger partial charge in [-0.2, -0.15) is 0 Å². The Morgan fingerprint density at radius 2 is 1.94 bits per heavy atom. The van der Waals surface area contributed by atoms with E-state index in [2.05, 4.69) is 12.2 Å². The second-order valence-corrected chi connectivity index (χ2v) is 5.29. The third-order valence-corrected chi connectivity index (χ3v) is 3.91. The third-order valence-electron chi connectivity index (χ3n) is 3.68. The van der Waals surface area contributed by atoms with E-state index < -0.39 is 0 Å². The number of benzene rings is 2. The Bertz CT molecular complexity index is 611. The van der Waals surface area contributed by atoms with Gasteiger partial charge in [0.25, 0.3) is 0 Å². The molecule has 0 aromatic heterocycles. The fourth-order valence-corrected chi connectivity index (χ4v) is 2.82. The van der Waals surface area contributed by atoms with E-state index in [-0.39, 0.29) is 11.2 Å². The van der Waals surface area contributed by atoms with E-state index in [9.17, 15) is 4.39 Å². The van der Waals surface area contributed by atoms with Crippen LogP contribution in [0.1, 0.15) is 18.1 Å². The Labute approximate surface area is 111 Å². The number of fused-ring (bicyclic) bond motifs is 1. The molecule has 2 aromatic rings. The van der Waals surface area contributed by atoms with E-state index >= 15 is 0 Å². The monoisotopic (exact) mass is 261 g/mol. The number of para-hydroxylation sites is 1. The highest BCUT2D eigenvalue weighted by molar-refractivity contribution is 6.30. The first-order valence-corrected chi connectivity index (χ1v) is 6.28. The van der Waals surface area contributed by atoms with Gasteiger partial charge in [-0.15, -0.1) is 0 Å². The van der Waals surface area contributed by atoms with Crippen LogP contribution in [-0.2, 0) is 5.41 Å². The molecule has 1 heterocycles. The molecule has 1 unspecified atom stereocenters. The van der Waals surface area contributed by atoms with Gasteiger partial charge in [-0.3, -0.25) is 0 Å². The van der Waals surface area contributed by atoms with Crippen LogP contribution in [0.5, 0.6) is 0 Å². The Balaban J connectivity index is 2.17. The number of halogens is 2. The smallest absolute Gasteiger partial charge is 0.128 e. The Morgan fingerprint density at radius 1 is 1.17 bits per heavy atom. The topological polar surface area (TPSA) is 12.0 Å². The largest absolute Gasteiger partial charge is 0.384 e. The standard InChI is InChI=1S/C15H13ClFN/c1-15(11-7-6-10(16)8-13(11)17)9-18-14-5-3-2-4-12(14)15/h2-8,18H,9H2,1H3. The second kappa shape index (κ2) is 3.99. The molecule has 0 saturated carbocycles. The number of hydrogen-bond donors (Lipinski definition) is 1. The zero-order valence-electron chi connectivity index (χ0n) is 10.0. The third kappa shape index (κ3) is 1.60. The van der Waals surface area contributed by atoms with Gasteiger partial charge in [-0.05, 0) is 30.7 Å². The molecular formula is C15H13ClFN. The molecule has 0 amide bonds. The van der Waals surface area contributed by atoms with E-state index in [1.807, 2.05) is 24.3 Å². The van der Waals surface area contributed by atoms with Crippen molar-refractivity contribution in [2.75, 3.05) is 11.9 Å². The molecule has 1 atom stereocenters. The lowest BCUT2D eigenvalue weighted by molar-refractivity contribution is 0.547.